The molecule has 0 saturated carbocycles. The maximum Gasteiger partial charge on any atom is 0.151 e. The van der Waals surface area contributed by atoms with Crippen molar-refractivity contribution < 1.29 is 8.42 Å². The van der Waals surface area contributed by atoms with Crippen molar-refractivity contribution in [3.63, 3.8) is 0 Å². The highest BCUT2D eigenvalue weighted by Gasteiger charge is 2.32. The molecule has 90 valence electrons. The lowest BCUT2D eigenvalue weighted by molar-refractivity contribution is 0.540. The molecule has 0 spiro atoms. The molecule has 0 N–H and O–H groups in total. The molecule has 4 nitrogen and oxygen atoms in total. The van der Waals surface area contributed by atoms with Gasteiger partial charge in [-0.3, -0.25) is 0 Å². The summed E-state index contributed by atoms with van der Waals surface area (Å²) in [5.74, 6) is 1.27. The van der Waals surface area contributed by atoms with Crippen LogP contribution in [0.15, 0.2) is 6.20 Å². The second kappa shape index (κ2) is 4.04. The van der Waals surface area contributed by atoms with Gasteiger partial charge in [-0.15, -0.1) is 0 Å². The third-order valence-corrected chi connectivity index (χ3v) is 4.94. The molecule has 0 bridgehead atoms. The number of imidazole rings is 1. The van der Waals surface area contributed by atoms with Gasteiger partial charge < -0.3 is 4.57 Å². The molecule has 1 aliphatic heterocycles. The number of aromatic nitrogens is 2. The van der Waals surface area contributed by atoms with Gasteiger partial charge in [0, 0.05) is 12.0 Å². The van der Waals surface area contributed by atoms with Gasteiger partial charge in [-0.05, 0) is 20.3 Å². The molecule has 1 fully saturated rings. The van der Waals surface area contributed by atoms with Gasteiger partial charge in [0.2, 0.25) is 0 Å². The third-order valence-electron chi connectivity index (χ3n) is 2.89. The first-order valence-corrected chi connectivity index (χ1v) is 7.53. The predicted molar refractivity (Wildman–Crippen MR) is 63.6 cm³/mol. The zero-order valence-electron chi connectivity index (χ0n) is 9.35. The first kappa shape index (κ1) is 11.9. The monoisotopic (exact) mass is 262 g/mol. The summed E-state index contributed by atoms with van der Waals surface area (Å²) in [5, 5.41) is 0.578. The van der Waals surface area contributed by atoms with Crippen LogP contribution in [0.5, 0.6) is 0 Å². The highest BCUT2D eigenvalue weighted by Crippen LogP contribution is 2.31. The largest absolute Gasteiger partial charge is 0.316 e. The summed E-state index contributed by atoms with van der Waals surface area (Å²) in [4.78, 5) is 4.25. The van der Waals surface area contributed by atoms with Gasteiger partial charge >= 0.3 is 0 Å². The Morgan fingerprint density at radius 3 is 2.75 bits per heavy atom. The molecule has 0 radical (unpaired) electrons. The zero-order chi connectivity index (χ0) is 11.9. The number of rotatable bonds is 2. The van der Waals surface area contributed by atoms with Crippen molar-refractivity contribution in [1.82, 2.24) is 9.55 Å². The van der Waals surface area contributed by atoms with Crippen molar-refractivity contribution in [3.8, 4) is 0 Å². The van der Waals surface area contributed by atoms with E-state index in [0.717, 1.165) is 5.82 Å². The predicted octanol–water partition coefficient (Wildman–Crippen LogP) is 2.02. The average Bonchev–Trinajstić information content (AvgIpc) is 2.68. The lowest BCUT2D eigenvalue weighted by atomic mass is 10.1. The van der Waals surface area contributed by atoms with Crippen LogP contribution in [0.3, 0.4) is 0 Å². The molecule has 2 heterocycles. The van der Waals surface area contributed by atoms with E-state index in [2.05, 4.69) is 4.98 Å². The summed E-state index contributed by atoms with van der Waals surface area (Å²) >= 11 is 6.04. The molecule has 6 heteroatoms. The van der Waals surface area contributed by atoms with E-state index in [1.165, 1.54) is 0 Å². The van der Waals surface area contributed by atoms with E-state index in [1.807, 2.05) is 18.4 Å². The summed E-state index contributed by atoms with van der Waals surface area (Å²) in [7, 11) is -2.87. The Morgan fingerprint density at radius 2 is 2.25 bits per heavy atom. The van der Waals surface area contributed by atoms with E-state index >= 15 is 0 Å². The highest BCUT2D eigenvalue weighted by molar-refractivity contribution is 7.91. The topological polar surface area (TPSA) is 52.0 Å². The van der Waals surface area contributed by atoms with Crippen molar-refractivity contribution >= 4 is 21.4 Å². The lowest BCUT2D eigenvalue weighted by Gasteiger charge is -2.16. The van der Waals surface area contributed by atoms with Crippen LogP contribution in [0, 0.1) is 0 Å². The van der Waals surface area contributed by atoms with Gasteiger partial charge in [-0.25, -0.2) is 13.4 Å². The van der Waals surface area contributed by atoms with Gasteiger partial charge in [0.05, 0.1) is 17.7 Å². The SMILES string of the molecule is CC(C)n1c(Cl)cnc1C1CCS(=O)(=O)C1. The standard InChI is InChI=1S/C10H15ClN2O2S/c1-7(2)13-9(11)5-12-10(13)8-3-4-16(14,15)6-8/h5,7-8H,3-4,6H2,1-2H3. The van der Waals surface area contributed by atoms with Crippen molar-refractivity contribution in [3.05, 3.63) is 17.2 Å². The maximum atomic E-state index is 11.4. The van der Waals surface area contributed by atoms with Crippen LogP contribution < -0.4 is 0 Å². The van der Waals surface area contributed by atoms with Gasteiger partial charge in [-0.1, -0.05) is 11.6 Å². The van der Waals surface area contributed by atoms with Crippen molar-refractivity contribution in [1.29, 1.82) is 0 Å². The molecule has 0 amide bonds. The van der Waals surface area contributed by atoms with Crippen molar-refractivity contribution in [2.45, 2.75) is 32.2 Å². The zero-order valence-corrected chi connectivity index (χ0v) is 10.9. The maximum absolute atomic E-state index is 11.4. The molecule has 1 saturated heterocycles. The van der Waals surface area contributed by atoms with Crippen LogP contribution in [0.1, 0.15) is 38.1 Å². The molecule has 1 aromatic rings. The Morgan fingerprint density at radius 1 is 1.56 bits per heavy atom. The Balaban J connectivity index is 2.35. The molecule has 0 aliphatic carbocycles. The molecule has 1 unspecified atom stereocenters. The Bertz CT molecular complexity index is 493. The molecule has 16 heavy (non-hydrogen) atoms. The van der Waals surface area contributed by atoms with Crippen LogP contribution >= 0.6 is 11.6 Å². The number of nitrogens with zero attached hydrogens (tertiary/aromatic N) is 2. The van der Waals surface area contributed by atoms with E-state index < -0.39 is 9.84 Å². The quantitative estimate of drug-likeness (QED) is 0.819. The van der Waals surface area contributed by atoms with Crippen LogP contribution in [0.25, 0.3) is 0 Å². The smallest absolute Gasteiger partial charge is 0.151 e. The minimum Gasteiger partial charge on any atom is -0.316 e. The minimum absolute atomic E-state index is 0.0000926. The van der Waals surface area contributed by atoms with Gasteiger partial charge in [0.15, 0.2) is 9.84 Å². The summed E-state index contributed by atoms with van der Waals surface area (Å²) in [6.07, 6.45) is 2.25. The van der Waals surface area contributed by atoms with Crippen molar-refractivity contribution in [2.75, 3.05) is 11.5 Å². The normalized spacial score (nSPS) is 24.1. The summed E-state index contributed by atoms with van der Waals surface area (Å²) in [6, 6.07) is 0.202. The molecule has 2 rings (SSSR count). The second-order valence-electron chi connectivity index (χ2n) is 4.50. The van der Waals surface area contributed by atoms with E-state index in [4.69, 9.17) is 11.6 Å². The summed E-state index contributed by atoms with van der Waals surface area (Å²) in [5.41, 5.74) is 0. The Labute approximate surface area is 101 Å². The molecule has 1 atom stereocenters. The second-order valence-corrected chi connectivity index (χ2v) is 7.12. The van der Waals surface area contributed by atoms with Crippen LogP contribution in [-0.4, -0.2) is 29.5 Å². The molecule has 1 aromatic heterocycles. The molecular weight excluding hydrogens is 248 g/mol. The van der Waals surface area contributed by atoms with Crippen molar-refractivity contribution in [2.24, 2.45) is 0 Å². The third kappa shape index (κ3) is 2.11. The fourth-order valence-corrected chi connectivity index (χ4v) is 4.23. The number of halogens is 1. The Kier molecular flexibility index (Phi) is 3.01. The van der Waals surface area contributed by atoms with E-state index in [1.54, 1.807) is 6.20 Å². The molecule has 0 aromatic carbocycles. The summed E-state index contributed by atoms with van der Waals surface area (Å²) in [6.45, 7) is 4.03. The fraction of sp³-hybridized carbons (Fsp3) is 0.700. The average molecular weight is 263 g/mol. The minimum atomic E-state index is -2.87. The lowest BCUT2D eigenvalue weighted by Crippen LogP contribution is -2.12. The highest BCUT2D eigenvalue weighted by atomic mass is 35.5. The van der Waals surface area contributed by atoms with Gasteiger partial charge in [-0.2, -0.15) is 0 Å². The fourth-order valence-electron chi connectivity index (χ4n) is 2.17. The van der Waals surface area contributed by atoms with E-state index in [9.17, 15) is 8.42 Å². The van der Waals surface area contributed by atoms with E-state index in [0.29, 0.717) is 11.6 Å². The Hall–Kier alpha value is -0.550. The van der Waals surface area contributed by atoms with Crippen LogP contribution in [0.2, 0.25) is 5.15 Å². The number of hydrogen-bond donors (Lipinski definition) is 0. The molecular formula is C10H15ClN2O2S. The first-order valence-electron chi connectivity index (χ1n) is 5.34. The van der Waals surface area contributed by atoms with Gasteiger partial charge in [0.25, 0.3) is 0 Å². The van der Waals surface area contributed by atoms with Crippen LogP contribution in [-0.2, 0) is 9.84 Å². The first-order chi connectivity index (χ1) is 7.41. The molecule has 1 aliphatic rings. The number of hydrogen-bond acceptors (Lipinski definition) is 3. The van der Waals surface area contributed by atoms with Gasteiger partial charge in [0.1, 0.15) is 11.0 Å². The summed E-state index contributed by atoms with van der Waals surface area (Å²) < 4.78 is 24.8. The van der Waals surface area contributed by atoms with E-state index in [-0.39, 0.29) is 23.5 Å². The number of sulfone groups is 1. The van der Waals surface area contributed by atoms with Crippen LogP contribution in [0.4, 0.5) is 0 Å².